The second-order valence-corrected chi connectivity index (χ2v) is 4.72. The minimum absolute atomic E-state index is 0.362. The predicted molar refractivity (Wildman–Crippen MR) is 55.2 cm³/mol. The smallest absolute Gasteiger partial charge is 0.329 e. The molecule has 2 amide bonds. The first-order valence-corrected chi connectivity index (χ1v) is 5.10. The molecule has 1 unspecified atom stereocenters. The molecule has 0 saturated carbocycles. The van der Waals surface area contributed by atoms with Crippen molar-refractivity contribution in [1.82, 2.24) is 4.90 Å². The monoisotopic (exact) mass is 214 g/mol. The SMILES string of the molecule is CC(C)(C)OC(=O)C1CCCN1C(N)=O. The maximum atomic E-state index is 11.7. The fraction of sp³-hybridized carbons (Fsp3) is 0.800. The highest BCUT2D eigenvalue weighted by Crippen LogP contribution is 2.20. The first-order chi connectivity index (χ1) is 6.81. The topological polar surface area (TPSA) is 72.6 Å². The van der Waals surface area contributed by atoms with E-state index in [2.05, 4.69) is 0 Å². The van der Waals surface area contributed by atoms with Crippen LogP contribution in [0.4, 0.5) is 4.79 Å². The lowest BCUT2D eigenvalue weighted by Gasteiger charge is -2.26. The maximum Gasteiger partial charge on any atom is 0.329 e. The molecule has 0 aromatic heterocycles. The average Bonchev–Trinajstić information content (AvgIpc) is 2.47. The van der Waals surface area contributed by atoms with Crippen LogP contribution in [-0.2, 0) is 9.53 Å². The number of nitrogens with zero attached hydrogens (tertiary/aromatic N) is 1. The highest BCUT2D eigenvalue weighted by atomic mass is 16.6. The third kappa shape index (κ3) is 3.11. The fourth-order valence-electron chi connectivity index (χ4n) is 1.65. The average molecular weight is 214 g/mol. The zero-order valence-corrected chi connectivity index (χ0v) is 9.45. The summed E-state index contributed by atoms with van der Waals surface area (Å²) in [4.78, 5) is 24.1. The number of likely N-dealkylation sites (tertiary alicyclic amines) is 1. The summed E-state index contributed by atoms with van der Waals surface area (Å²) >= 11 is 0. The number of primary amides is 1. The standard InChI is InChI=1S/C10H18N2O3/c1-10(2,3)15-8(13)7-5-4-6-12(7)9(11)14/h7H,4-6H2,1-3H3,(H2,11,14). The van der Waals surface area contributed by atoms with E-state index in [0.29, 0.717) is 13.0 Å². The van der Waals surface area contributed by atoms with Crippen LogP contribution in [0.2, 0.25) is 0 Å². The van der Waals surface area contributed by atoms with Gasteiger partial charge in [0.05, 0.1) is 0 Å². The Labute approximate surface area is 89.6 Å². The molecule has 1 aliphatic heterocycles. The Balaban J connectivity index is 2.63. The maximum absolute atomic E-state index is 11.7. The number of esters is 1. The summed E-state index contributed by atoms with van der Waals surface area (Å²) in [5, 5.41) is 0. The molecule has 1 rings (SSSR count). The quantitative estimate of drug-likeness (QED) is 0.658. The molecule has 0 aromatic carbocycles. The molecule has 0 spiro atoms. The van der Waals surface area contributed by atoms with Gasteiger partial charge in [0.15, 0.2) is 0 Å². The van der Waals surface area contributed by atoms with E-state index in [1.54, 1.807) is 20.8 Å². The van der Waals surface area contributed by atoms with Gasteiger partial charge in [-0.2, -0.15) is 0 Å². The number of ether oxygens (including phenoxy) is 1. The van der Waals surface area contributed by atoms with E-state index in [-0.39, 0.29) is 5.97 Å². The van der Waals surface area contributed by atoms with Gasteiger partial charge in [-0.1, -0.05) is 0 Å². The molecule has 0 aromatic rings. The molecule has 1 saturated heterocycles. The Morgan fingerprint density at radius 1 is 1.40 bits per heavy atom. The summed E-state index contributed by atoms with van der Waals surface area (Å²) in [7, 11) is 0. The molecule has 5 heteroatoms. The van der Waals surface area contributed by atoms with Crippen molar-refractivity contribution < 1.29 is 14.3 Å². The summed E-state index contributed by atoms with van der Waals surface area (Å²) in [5.74, 6) is -0.362. The van der Waals surface area contributed by atoms with Crippen molar-refractivity contribution in [2.45, 2.75) is 45.3 Å². The molecule has 86 valence electrons. The van der Waals surface area contributed by atoms with Gasteiger partial charge in [-0.25, -0.2) is 9.59 Å². The highest BCUT2D eigenvalue weighted by molar-refractivity contribution is 5.83. The molecule has 5 nitrogen and oxygen atoms in total. The van der Waals surface area contributed by atoms with E-state index in [9.17, 15) is 9.59 Å². The van der Waals surface area contributed by atoms with Gasteiger partial charge in [-0.05, 0) is 33.6 Å². The highest BCUT2D eigenvalue weighted by Gasteiger charge is 2.35. The molecule has 1 fully saturated rings. The van der Waals surface area contributed by atoms with Crippen molar-refractivity contribution in [1.29, 1.82) is 0 Å². The Kier molecular flexibility index (Phi) is 3.21. The molecule has 2 N–H and O–H groups in total. The Morgan fingerprint density at radius 3 is 2.47 bits per heavy atom. The van der Waals surface area contributed by atoms with E-state index >= 15 is 0 Å². The largest absolute Gasteiger partial charge is 0.458 e. The van der Waals surface area contributed by atoms with Crippen LogP contribution < -0.4 is 5.73 Å². The van der Waals surface area contributed by atoms with Gasteiger partial charge in [0.2, 0.25) is 0 Å². The lowest BCUT2D eigenvalue weighted by Crippen LogP contribution is -2.45. The third-order valence-electron chi connectivity index (χ3n) is 2.21. The summed E-state index contributed by atoms with van der Waals surface area (Å²) in [6.45, 7) is 5.94. The minimum atomic E-state index is -0.552. The van der Waals surface area contributed by atoms with Crippen molar-refractivity contribution in [3.8, 4) is 0 Å². The van der Waals surface area contributed by atoms with Crippen molar-refractivity contribution in [2.24, 2.45) is 5.73 Å². The number of hydrogen-bond donors (Lipinski definition) is 1. The van der Waals surface area contributed by atoms with E-state index in [0.717, 1.165) is 6.42 Å². The van der Waals surface area contributed by atoms with Crippen LogP contribution in [0.1, 0.15) is 33.6 Å². The van der Waals surface area contributed by atoms with Crippen LogP contribution in [0.15, 0.2) is 0 Å². The zero-order valence-electron chi connectivity index (χ0n) is 9.45. The number of hydrogen-bond acceptors (Lipinski definition) is 3. The Morgan fingerprint density at radius 2 is 2.00 bits per heavy atom. The summed E-state index contributed by atoms with van der Waals surface area (Å²) in [6, 6.07) is -1.05. The molecule has 0 bridgehead atoms. The normalized spacial score (nSPS) is 21.5. The zero-order chi connectivity index (χ0) is 11.6. The summed E-state index contributed by atoms with van der Waals surface area (Å²) in [6.07, 6.45) is 1.44. The minimum Gasteiger partial charge on any atom is -0.458 e. The van der Waals surface area contributed by atoms with Gasteiger partial charge in [-0.3, -0.25) is 0 Å². The molecule has 1 aliphatic rings. The van der Waals surface area contributed by atoms with Crippen molar-refractivity contribution in [3.63, 3.8) is 0 Å². The number of carbonyl (C=O) groups is 2. The predicted octanol–water partition coefficient (Wildman–Crippen LogP) is 0.871. The van der Waals surface area contributed by atoms with Crippen molar-refractivity contribution in [3.05, 3.63) is 0 Å². The molecular formula is C10H18N2O3. The molecule has 0 aliphatic carbocycles. The Hall–Kier alpha value is -1.26. The molecule has 1 atom stereocenters. The molecule has 0 radical (unpaired) electrons. The number of carbonyl (C=O) groups excluding carboxylic acids is 2. The number of urea groups is 1. The van der Waals surface area contributed by atoms with Crippen LogP contribution in [0.3, 0.4) is 0 Å². The number of amides is 2. The van der Waals surface area contributed by atoms with Gasteiger partial charge in [0, 0.05) is 6.54 Å². The third-order valence-corrected chi connectivity index (χ3v) is 2.21. The number of rotatable bonds is 1. The van der Waals surface area contributed by atoms with Crippen molar-refractivity contribution in [2.75, 3.05) is 6.54 Å². The van der Waals surface area contributed by atoms with E-state index in [1.807, 2.05) is 0 Å². The van der Waals surface area contributed by atoms with Gasteiger partial charge in [0.1, 0.15) is 11.6 Å². The first kappa shape index (κ1) is 11.8. The van der Waals surface area contributed by atoms with Crippen molar-refractivity contribution >= 4 is 12.0 Å². The van der Waals surface area contributed by atoms with Gasteiger partial charge in [0.25, 0.3) is 0 Å². The Bertz CT molecular complexity index is 270. The second kappa shape index (κ2) is 4.08. The second-order valence-electron chi connectivity index (χ2n) is 4.72. The summed E-state index contributed by atoms with van der Waals surface area (Å²) in [5.41, 5.74) is 4.64. The van der Waals surface area contributed by atoms with E-state index in [1.165, 1.54) is 4.90 Å². The van der Waals surface area contributed by atoms with Crippen LogP contribution >= 0.6 is 0 Å². The van der Waals surface area contributed by atoms with Gasteiger partial charge in [-0.15, -0.1) is 0 Å². The van der Waals surface area contributed by atoms with E-state index < -0.39 is 17.7 Å². The van der Waals surface area contributed by atoms with Gasteiger partial charge >= 0.3 is 12.0 Å². The van der Waals surface area contributed by atoms with Gasteiger partial charge < -0.3 is 15.4 Å². The van der Waals surface area contributed by atoms with Crippen LogP contribution in [-0.4, -0.2) is 35.1 Å². The van der Waals surface area contributed by atoms with Crippen LogP contribution in [0.25, 0.3) is 0 Å². The summed E-state index contributed by atoms with van der Waals surface area (Å²) < 4.78 is 5.21. The van der Waals surface area contributed by atoms with Crippen LogP contribution in [0.5, 0.6) is 0 Å². The van der Waals surface area contributed by atoms with E-state index in [4.69, 9.17) is 10.5 Å². The van der Waals surface area contributed by atoms with Crippen LogP contribution in [0, 0.1) is 0 Å². The molecule has 15 heavy (non-hydrogen) atoms. The molecular weight excluding hydrogens is 196 g/mol. The fourth-order valence-corrected chi connectivity index (χ4v) is 1.65. The molecule has 1 heterocycles. The first-order valence-electron chi connectivity index (χ1n) is 5.10. The number of nitrogens with two attached hydrogens (primary N) is 1. The lowest BCUT2D eigenvalue weighted by atomic mass is 10.1. The lowest BCUT2D eigenvalue weighted by molar-refractivity contribution is -0.159.